The highest BCUT2D eigenvalue weighted by atomic mass is 19.4. The van der Waals surface area contributed by atoms with E-state index >= 15 is 0 Å². The van der Waals surface area contributed by atoms with Gasteiger partial charge in [0.05, 0.1) is 5.56 Å². The molecule has 0 saturated heterocycles. The molecule has 1 rings (SSSR count). The van der Waals surface area contributed by atoms with Gasteiger partial charge in [-0.15, -0.1) is 13.2 Å². The van der Waals surface area contributed by atoms with E-state index in [0.717, 1.165) is 12.1 Å². The van der Waals surface area contributed by atoms with Crippen molar-refractivity contribution in [3.8, 4) is 6.07 Å². The number of halogens is 3. The predicted octanol–water partition coefficient (Wildman–Crippen LogP) is 3.73. The van der Waals surface area contributed by atoms with Crippen molar-refractivity contribution < 1.29 is 18.0 Å². The number of nitriles is 1. The molecule has 0 aromatic heterocycles. The van der Waals surface area contributed by atoms with E-state index in [1.807, 2.05) is 0 Å². The predicted molar refractivity (Wildman–Crippen MR) is 85.7 cm³/mol. The zero-order valence-electron chi connectivity index (χ0n) is 12.8. The van der Waals surface area contributed by atoms with Crippen molar-refractivity contribution >= 4 is 11.6 Å². The highest BCUT2D eigenvalue weighted by molar-refractivity contribution is 6.06. The van der Waals surface area contributed by atoms with Crippen LogP contribution in [0.5, 0.6) is 0 Å². The second-order valence-corrected chi connectivity index (χ2v) is 4.72. The lowest BCUT2D eigenvalue weighted by Crippen LogP contribution is -2.21. The first-order valence-electron chi connectivity index (χ1n) is 6.88. The van der Waals surface area contributed by atoms with E-state index in [-0.39, 0.29) is 11.3 Å². The maximum Gasteiger partial charge on any atom is 0.416 e. The summed E-state index contributed by atoms with van der Waals surface area (Å²) < 4.78 is 38.0. The number of nitrogens with zero attached hydrogens (tertiary/aromatic N) is 2. The molecule has 1 amide bonds. The Kier molecular flexibility index (Phi) is 6.80. The summed E-state index contributed by atoms with van der Waals surface area (Å²) in [6.07, 6.45) is -0.0366. The molecule has 4 nitrogen and oxygen atoms in total. The molecule has 126 valence electrons. The topological polar surface area (TPSA) is 56.1 Å². The largest absolute Gasteiger partial charge is 0.416 e. The fourth-order valence-electron chi connectivity index (χ4n) is 1.80. The molecule has 0 aliphatic carbocycles. The van der Waals surface area contributed by atoms with Gasteiger partial charge in [-0.2, -0.15) is 18.4 Å². The molecule has 1 aromatic rings. The summed E-state index contributed by atoms with van der Waals surface area (Å²) in [5, 5.41) is 11.4. The second-order valence-electron chi connectivity index (χ2n) is 4.72. The molecule has 24 heavy (non-hydrogen) atoms. The fourth-order valence-corrected chi connectivity index (χ4v) is 1.80. The number of amides is 1. The van der Waals surface area contributed by atoms with Crippen molar-refractivity contribution in [3.63, 3.8) is 0 Å². The van der Waals surface area contributed by atoms with Crippen LogP contribution in [0.25, 0.3) is 0 Å². The van der Waals surface area contributed by atoms with Crippen molar-refractivity contribution in [3.05, 3.63) is 66.9 Å². The minimum atomic E-state index is -4.51. The van der Waals surface area contributed by atoms with Gasteiger partial charge in [0.1, 0.15) is 11.6 Å². The van der Waals surface area contributed by atoms with Gasteiger partial charge in [0.25, 0.3) is 5.91 Å². The van der Waals surface area contributed by atoms with Gasteiger partial charge in [0.2, 0.25) is 0 Å². The molecule has 0 atom stereocenters. The Morgan fingerprint density at radius 2 is 1.92 bits per heavy atom. The number of hydrogen-bond acceptors (Lipinski definition) is 3. The van der Waals surface area contributed by atoms with E-state index in [2.05, 4.69) is 18.5 Å². The van der Waals surface area contributed by atoms with Crippen molar-refractivity contribution in [2.45, 2.75) is 6.18 Å². The van der Waals surface area contributed by atoms with E-state index in [9.17, 15) is 18.0 Å². The lowest BCUT2D eigenvalue weighted by molar-refractivity contribution is -0.137. The molecule has 1 N–H and O–H groups in total. The van der Waals surface area contributed by atoms with Crippen molar-refractivity contribution in [2.75, 3.05) is 18.4 Å². The number of nitrogens with one attached hydrogen (secondary N) is 1. The first-order chi connectivity index (χ1) is 11.3. The third kappa shape index (κ3) is 5.65. The van der Waals surface area contributed by atoms with Crippen LogP contribution >= 0.6 is 0 Å². The Hall–Kier alpha value is -3.01. The highest BCUT2D eigenvalue weighted by Crippen LogP contribution is 2.30. The molecule has 1 aromatic carbocycles. The Bertz CT molecular complexity index is 677. The van der Waals surface area contributed by atoms with Crippen LogP contribution in [0.15, 0.2) is 61.3 Å². The first-order valence-corrected chi connectivity index (χ1v) is 6.88. The molecule has 0 radical (unpaired) electrons. The SMILES string of the molecule is C=CCN(/C=C(/C#N)C(=O)Nc1cccc(C(F)(F)F)c1)CC=C. The van der Waals surface area contributed by atoms with Crippen LogP contribution in [0.2, 0.25) is 0 Å². The molecule has 0 heterocycles. The zero-order valence-corrected chi connectivity index (χ0v) is 12.8. The van der Waals surface area contributed by atoms with E-state index in [1.54, 1.807) is 23.1 Å². The average molecular weight is 335 g/mol. The molecule has 0 spiro atoms. The Balaban J connectivity index is 2.97. The lowest BCUT2D eigenvalue weighted by Gasteiger charge is -2.16. The number of anilines is 1. The van der Waals surface area contributed by atoms with Crippen LogP contribution in [0.1, 0.15) is 5.56 Å². The summed E-state index contributed by atoms with van der Waals surface area (Å²) in [6.45, 7) is 7.90. The maximum absolute atomic E-state index is 12.7. The average Bonchev–Trinajstić information content (AvgIpc) is 2.52. The molecule has 0 aliphatic rings. The highest BCUT2D eigenvalue weighted by Gasteiger charge is 2.30. The monoisotopic (exact) mass is 335 g/mol. The van der Waals surface area contributed by atoms with Gasteiger partial charge in [-0.1, -0.05) is 18.2 Å². The number of alkyl halides is 3. The second kappa shape index (κ2) is 8.58. The molecule has 0 bridgehead atoms. The third-order valence-electron chi connectivity index (χ3n) is 2.85. The van der Waals surface area contributed by atoms with Gasteiger partial charge in [0.15, 0.2) is 0 Å². The lowest BCUT2D eigenvalue weighted by atomic mass is 10.2. The zero-order chi connectivity index (χ0) is 18.2. The van der Waals surface area contributed by atoms with Crippen LogP contribution in [0, 0.1) is 11.3 Å². The van der Waals surface area contributed by atoms with Crippen LogP contribution in [0.4, 0.5) is 18.9 Å². The summed E-state index contributed by atoms with van der Waals surface area (Å²) in [6, 6.07) is 5.92. The first kappa shape index (κ1) is 19.0. The molecule has 0 aliphatic heterocycles. The summed E-state index contributed by atoms with van der Waals surface area (Å²) in [5.74, 6) is -0.796. The van der Waals surface area contributed by atoms with E-state index < -0.39 is 17.6 Å². The molecule has 0 saturated carbocycles. The molecule has 0 fully saturated rings. The standard InChI is InChI=1S/C17H16F3N3O/c1-3-8-23(9-4-2)12-13(11-21)16(24)22-15-7-5-6-14(10-15)17(18,19)20/h3-7,10,12H,1-2,8-9H2,(H,22,24)/b13-12-. The van der Waals surface area contributed by atoms with Crippen LogP contribution in [0.3, 0.4) is 0 Å². The Labute approximate surface area is 138 Å². The molecule has 7 heteroatoms. The van der Waals surface area contributed by atoms with Crippen LogP contribution < -0.4 is 5.32 Å². The van der Waals surface area contributed by atoms with Crippen molar-refractivity contribution in [1.29, 1.82) is 5.26 Å². The van der Waals surface area contributed by atoms with Gasteiger partial charge < -0.3 is 10.2 Å². The van der Waals surface area contributed by atoms with Crippen LogP contribution in [-0.4, -0.2) is 23.9 Å². The molecular weight excluding hydrogens is 319 g/mol. The number of benzene rings is 1. The number of rotatable bonds is 7. The van der Waals surface area contributed by atoms with Gasteiger partial charge in [-0.3, -0.25) is 4.79 Å². The van der Waals surface area contributed by atoms with Gasteiger partial charge in [0, 0.05) is 25.0 Å². The van der Waals surface area contributed by atoms with E-state index in [0.29, 0.717) is 13.1 Å². The summed E-state index contributed by atoms with van der Waals surface area (Å²) in [5.41, 5.74) is -1.17. The van der Waals surface area contributed by atoms with Gasteiger partial charge >= 0.3 is 6.18 Å². The summed E-state index contributed by atoms with van der Waals surface area (Å²) in [7, 11) is 0. The minimum Gasteiger partial charge on any atom is -0.369 e. The Morgan fingerprint density at radius 1 is 1.29 bits per heavy atom. The quantitative estimate of drug-likeness (QED) is 0.469. The normalized spacial score (nSPS) is 11.3. The molecular formula is C17H16F3N3O. The smallest absolute Gasteiger partial charge is 0.369 e. The summed E-state index contributed by atoms with van der Waals surface area (Å²) >= 11 is 0. The van der Waals surface area contributed by atoms with Crippen LogP contribution in [-0.2, 0) is 11.0 Å². The summed E-state index contributed by atoms with van der Waals surface area (Å²) in [4.78, 5) is 13.7. The fraction of sp³-hybridized carbons (Fsp3) is 0.176. The van der Waals surface area contributed by atoms with Crippen molar-refractivity contribution in [2.24, 2.45) is 0 Å². The number of carbonyl (C=O) groups excluding carboxylic acids is 1. The van der Waals surface area contributed by atoms with Gasteiger partial charge in [-0.05, 0) is 18.2 Å². The van der Waals surface area contributed by atoms with E-state index in [1.165, 1.54) is 18.3 Å². The maximum atomic E-state index is 12.7. The number of carbonyl (C=O) groups is 1. The minimum absolute atomic E-state index is 0.0463. The van der Waals surface area contributed by atoms with E-state index in [4.69, 9.17) is 5.26 Å². The number of hydrogen-bond donors (Lipinski definition) is 1. The van der Waals surface area contributed by atoms with Crippen molar-refractivity contribution in [1.82, 2.24) is 4.90 Å². The third-order valence-corrected chi connectivity index (χ3v) is 2.85. The Morgan fingerprint density at radius 3 is 2.42 bits per heavy atom. The molecule has 0 unspecified atom stereocenters. The van der Waals surface area contributed by atoms with Gasteiger partial charge in [-0.25, -0.2) is 0 Å².